The van der Waals surface area contributed by atoms with Gasteiger partial charge >= 0.3 is 0 Å². The number of imidazole rings is 1. The van der Waals surface area contributed by atoms with Crippen molar-refractivity contribution in [3.8, 4) is 11.3 Å². The zero-order valence-electron chi connectivity index (χ0n) is 15.2. The third kappa shape index (κ3) is 3.00. The highest BCUT2D eigenvalue weighted by atomic mass is 32.1. The number of benzene rings is 1. The Kier molecular flexibility index (Phi) is 3.94. The van der Waals surface area contributed by atoms with Gasteiger partial charge in [0.1, 0.15) is 5.52 Å². The largest absolute Gasteiger partial charge is 0.314 e. The van der Waals surface area contributed by atoms with E-state index in [4.69, 9.17) is 0 Å². The Morgan fingerprint density at radius 2 is 2.15 bits per heavy atom. The van der Waals surface area contributed by atoms with Gasteiger partial charge in [-0.2, -0.15) is 5.10 Å². The maximum absolute atomic E-state index is 14.8. The van der Waals surface area contributed by atoms with E-state index in [-0.39, 0.29) is 5.82 Å². The Balaban J connectivity index is 1.57. The Hall–Kier alpha value is -2.38. The smallest absolute Gasteiger partial charge is 0.153 e. The summed E-state index contributed by atoms with van der Waals surface area (Å²) < 4.78 is 17.4. The Bertz CT molecular complexity index is 1150. The number of halogens is 1. The van der Waals surface area contributed by atoms with Crippen molar-refractivity contribution in [2.45, 2.75) is 38.6 Å². The first-order valence-corrected chi connectivity index (χ1v) is 10.1. The van der Waals surface area contributed by atoms with Crippen LogP contribution in [-0.4, -0.2) is 32.2 Å². The first kappa shape index (κ1) is 16.8. The van der Waals surface area contributed by atoms with Gasteiger partial charge in [0.2, 0.25) is 0 Å². The van der Waals surface area contributed by atoms with Crippen molar-refractivity contribution in [1.82, 2.24) is 24.9 Å². The van der Waals surface area contributed by atoms with Crippen LogP contribution in [0.2, 0.25) is 0 Å². The molecule has 0 aliphatic carbocycles. The van der Waals surface area contributed by atoms with Gasteiger partial charge < -0.3 is 5.32 Å². The minimum atomic E-state index is -0.282. The maximum atomic E-state index is 14.8. The molecule has 4 aromatic rings. The Labute approximate surface area is 160 Å². The summed E-state index contributed by atoms with van der Waals surface area (Å²) in [4.78, 5) is 9.03. The molecule has 1 aromatic carbocycles. The summed E-state index contributed by atoms with van der Waals surface area (Å²) in [5.74, 6) is 0.126. The molecule has 0 radical (unpaired) electrons. The summed E-state index contributed by atoms with van der Waals surface area (Å²) in [7, 11) is 0. The fourth-order valence-corrected chi connectivity index (χ4v) is 5.01. The molecule has 0 spiro atoms. The monoisotopic (exact) mass is 381 g/mol. The predicted octanol–water partition coefficient (Wildman–Crippen LogP) is 4.31. The predicted molar refractivity (Wildman–Crippen MR) is 106 cm³/mol. The normalized spacial score (nSPS) is 20.6. The van der Waals surface area contributed by atoms with E-state index in [0.717, 1.165) is 51.7 Å². The molecular weight excluding hydrogens is 361 g/mol. The van der Waals surface area contributed by atoms with Crippen molar-refractivity contribution in [2.24, 2.45) is 0 Å². The van der Waals surface area contributed by atoms with Crippen molar-refractivity contribution in [3.05, 3.63) is 47.0 Å². The topological polar surface area (TPSA) is 55.1 Å². The molecule has 4 heterocycles. The molecule has 1 unspecified atom stereocenters. The lowest BCUT2D eigenvalue weighted by Crippen LogP contribution is -2.34. The third-order valence-corrected chi connectivity index (χ3v) is 6.34. The molecule has 5 rings (SSSR count). The van der Waals surface area contributed by atoms with Gasteiger partial charge in [-0.1, -0.05) is 0 Å². The summed E-state index contributed by atoms with van der Waals surface area (Å²) in [6, 6.07) is 7.81. The van der Waals surface area contributed by atoms with Crippen LogP contribution in [0.1, 0.15) is 36.4 Å². The van der Waals surface area contributed by atoms with Crippen LogP contribution in [0.3, 0.4) is 0 Å². The quantitative estimate of drug-likeness (QED) is 0.562. The number of hydrogen-bond donors (Lipinski definition) is 1. The molecule has 5 nitrogen and oxygen atoms in total. The molecule has 7 heteroatoms. The van der Waals surface area contributed by atoms with Gasteiger partial charge in [-0.15, -0.1) is 11.3 Å². The lowest BCUT2D eigenvalue weighted by molar-refractivity contribution is 0.381. The Morgan fingerprint density at radius 3 is 3.00 bits per heavy atom. The van der Waals surface area contributed by atoms with Crippen LogP contribution in [0.5, 0.6) is 0 Å². The van der Waals surface area contributed by atoms with Crippen LogP contribution in [0.25, 0.3) is 27.1 Å². The summed E-state index contributed by atoms with van der Waals surface area (Å²) in [6.45, 7) is 5.11. The average Bonchev–Trinajstić information content (AvgIpc) is 3.23. The number of fused-ring (bicyclic) bond motifs is 2. The van der Waals surface area contributed by atoms with Crippen LogP contribution in [0, 0.1) is 12.7 Å². The van der Waals surface area contributed by atoms with E-state index in [0.29, 0.717) is 17.5 Å². The van der Waals surface area contributed by atoms with Crippen LogP contribution in [0.15, 0.2) is 30.5 Å². The highest BCUT2D eigenvalue weighted by Crippen LogP contribution is 2.36. The maximum Gasteiger partial charge on any atom is 0.153 e. The van der Waals surface area contributed by atoms with E-state index < -0.39 is 0 Å². The van der Waals surface area contributed by atoms with Crippen molar-refractivity contribution in [2.75, 3.05) is 6.54 Å². The van der Waals surface area contributed by atoms with Crippen LogP contribution in [0.4, 0.5) is 4.39 Å². The average molecular weight is 381 g/mol. The van der Waals surface area contributed by atoms with Gasteiger partial charge in [-0.25, -0.2) is 18.9 Å². The summed E-state index contributed by atoms with van der Waals surface area (Å²) in [6.07, 6.45) is 3.97. The summed E-state index contributed by atoms with van der Waals surface area (Å²) in [5.41, 5.74) is 3.67. The molecule has 3 aromatic heterocycles. The molecule has 1 fully saturated rings. The fraction of sp³-hybridized carbons (Fsp3) is 0.350. The highest BCUT2D eigenvalue weighted by molar-refractivity contribution is 7.18. The van der Waals surface area contributed by atoms with E-state index in [1.807, 2.05) is 31.3 Å². The van der Waals surface area contributed by atoms with Crippen LogP contribution < -0.4 is 5.32 Å². The molecule has 1 saturated heterocycles. The zero-order valence-corrected chi connectivity index (χ0v) is 16.1. The number of aryl methyl sites for hydroxylation is 1. The second-order valence-electron chi connectivity index (χ2n) is 7.34. The number of nitrogens with zero attached hydrogens (tertiary/aromatic N) is 4. The molecule has 1 aliphatic rings. The number of piperidine rings is 1. The molecular formula is C20H20FN5S. The number of thiazole rings is 1. The first-order chi connectivity index (χ1) is 13.1. The standard InChI is InChI=1S/C20H20FN5S/c1-11-7-13(5-6-22-11)20-24-19-15(21)8-14(9-17(19)27-20)16-3-4-18-23-12(2)10-26(18)25-16/h3-4,8-11,13,22H,5-7H2,1-2H3/t11-,13?/m1/s1. The first-order valence-electron chi connectivity index (χ1n) is 9.23. The number of rotatable bonds is 2. The van der Waals surface area contributed by atoms with Crippen molar-refractivity contribution < 1.29 is 4.39 Å². The number of aromatic nitrogens is 4. The summed E-state index contributed by atoms with van der Waals surface area (Å²) >= 11 is 1.61. The van der Waals surface area contributed by atoms with E-state index in [9.17, 15) is 4.39 Å². The lowest BCUT2D eigenvalue weighted by atomic mass is 9.94. The zero-order chi connectivity index (χ0) is 18.5. The number of hydrogen-bond acceptors (Lipinski definition) is 5. The van der Waals surface area contributed by atoms with Gasteiger partial charge in [-0.3, -0.25) is 0 Å². The number of nitrogens with one attached hydrogen (secondary N) is 1. The molecule has 2 atom stereocenters. The molecule has 0 amide bonds. The second-order valence-corrected chi connectivity index (χ2v) is 8.40. The molecule has 0 saturated carbocycles. The minimum absolute atomic E-state index is 0.282. The van der Waals surface area contributed by atoms with E-state index in [1.165, 1.54) is 6.07 Å². The van der Waals surface area contributed by atoms with Crippen molar-refractivity contribution in [3.63, 3.8) is 0 Å². The molecule has 0 bridgehead atoms. The van der Waals surface area contributed by atoms with Crippen molar-refractivity contribution >= 4 is 27.2 Å². The highest BCUT2D eigenvalue weighted by Gasteiger charge is 2.24. The van der Waals surface area contributed by atoms with E-state index in [1.54, 1.807) is 15.9 Å². The lowest BCUT2D eigenvalue weighted by Gasteiger charge is -2.26. The van der Waals surface area contributed by atoms with Gasteiger partial charge in [0.15, 0.2) is 11.5 Å². The van der Waals surface area contributed by atoms with Crippen LogP contribution >= 0.6 is 11.3 Å². The fourth-order valence-electron chi connectivity index (χ4n) is 3.84. The van der Waals surface area contributed by atoms with E-state index >= 15 is 0 Å². The minimum Gasteiger partial charge on any atom is -0.314 e. The van der Waals surface area contributed by atoms with Crippen molar-refractivity contribution in [1.29, 1.82) is 0 Å². The molecule has 1 aliphatic heterocycles. The third-order valence-electron chi connectivity index (χ3n) is 5.17. The van der Waals surface area contributed by atoms with Gasteiger partial charge in [-0.05, 0) is 57.5 Å². The second kappa shape index (κ2) is 6.35. The van der Waals surface area contributed by atoms with Gasteiger partial charge in [0.25, 0.3) is 0 Å². The molecule has 138 valence electrons. The molecule has 27 heavy (non-hydrogen) atoms. The van der Waals surface area contributed by atoms with Gasteiger partial charge in [0.05, 0.1) is 27.3 Å². The molecule has 1 N–H and O–H groups in total. The Morgan fingerprint density at radius 1 is 1.26 bits per heavy atom. The van der Waals surface area contributed by atoms with Crippen LogP contribution in [-0.2, 0) is 0 Å². The summed E-state index contributed by atoms with van der Waals surface area (Å²) in [5, 5.41) is 9.09. The SMILES string of the molecule is Cc1cn2nc(-c3cc(F)c4nc(C5CCN[C@H](C)C5)sc4c3)ccc2n1. The van der Waals surface area contributed by atoms with Gasteiger partial charge in [0, 0.05) is 17.5 Å². The van der Waals surface area contributed by atoms with E-state index in [2.05, 4.69) is 27.3 Å².